The average Bonchev–Trinajstić information content (AvgIpc) is 2.40. The van der Waals surface area contributed by atoms with Gasteiger partial charge in [0.25, 0.3) is 0 Å². The van der Waals surface area contributed by atoms with Crippen LogP contribution in [0, 0.1) is 0 Å². The first-order chi connectivity index (χ1) is 8.31. The van der Waals surface area contributed by atoms with Gasteiger partial charge in [-0.25, -0.2) is 0 Å². The number of amides is 1. The standard InChI is InChI=1S/C13H22N2O2/c1-2-13(16)15-6-4-3-5-12(15)11-14-7-9-17-10-8-14/h2,12H,1,3-11H2. The van der Waals surface area contributed by atoms with Crippen LogP contribution < -0.4 is 0 Å². The van der Waals surface area contributed by atoms with Crippen molar-refractivity contribution >= 4 is 5.91 Å². The van der Waals surface area contributed by atoms with Crippen LogP contribution in [0.5, 0.6) is 0 Å². The fourth-order valence-corrected chi connectivity index (χ4v) is 2.68. The molecule has 0 spiro atoms. The molecule has 1 amide bonds. The lowest BCUT2D eigenvalue weighted by Gasteiger charge is -2.39. The fraction of sp³-hybridized carbons (Fsp3) is 0.769. The van der Waals surface area contributed by atoms with E-state index in [0.29, 0.717) is 6.04 Å². The molecule has 2 saturated heterocycles. The van der Waals surface area contributed by atoms with Gasteiger partial charge in [0.1, 0.15) is 0 Å². The van der Waals surface area contributed by atoms with Gasteiger partial charge >= 0.3 is 0 Å². The molecule has 0 radical (unpaired) electrons. The first kappa shape index (κ1) is 12.6. The van der Waals surface area contributed by atoms with Gasteiger partial charge in [-0.3, -0.25) is 9.69 Å². The minimum absolute atomic E-state index is 0.0861. The van der Waals surface area contributed by atoms with Crippen molar-refractivity contribution in [2.75, 3.05) is 39.4 Å². The number of carbonyl (C=O) groups excluding carboxylic acids is 1. The van der Waals surface area contributed by atoms with Crippen molar-refractivity contribution < 1.29 is 9.53 Å². The summed E-state index contributed by atoms with van der Waals surface area (Å²) in [7, 11) is 0. The predicted octanol–water partition coefficient (Wildman–Crippen LogP) is 0.886. The van der Waals surface area contributed by atoms with Crippen LogP contribution in [0.4, 0.5) is 0 Å². The largest absolute Gasteiger partial charge is 0.379 e. The Hall–Kier alpha value is -0.870. The Kier molecular flexibility index (Phi) is 4.57. The summed E-state index contributed by atoms with van der Waals surface area (Å²) in [5.74, 6) is 0.0861. The summed E-state index contributed by atoms with van der Waals surface area (Å²) >= 11 is 0. The van der Waals surface area contributed by atoms with Gasteiger partial charge in [-0.15, -0.1) is 0 Å². The number of rotatable bonds is 3. The Labute approximate surface area is 103 Å². The van der Waals surface area contributed by atoms with Gasteiger partial charge in [-0.05, 0) is 25.3 Å². The molecule has 4 heteroatoms. The molecule has 2 fully saturated rings. The minimum atomic E-state index is 0.0861. The molecule has 1 atom stereocenters. The lowest BCUT2D eigenvalue weighted by atomic mass is 10.0. The smallest absolute Gasteiger partial charge is 0.246 e. The highest BCUT2D eigenvalue weighted by Gasteiger charge is 2.27. The Morgan fingerprint density at radius 3 is 2.76 bits per heavy atom. The normalized spacial score (nSPS) is 26.8. The Morgan fingerprint density at radius 1 is 1.29 bits per heavy atom. The third-order valence-corrected chi connectivity index (χ3v) is 3.66. The lowest BCUT2D eigenvalue weighted by Crippen LogP contribution is -2.51. The molecule has 2 aliphatic rings. The summed E-state index contributed by atoms with van der Waals surface area (Å²) in [6.07, 6.45) is 4.92. The molecule has 0 aromatic carbocycles. The van der Waals surface area contributed by atoms with Crippen molar-refractivity contribution in [2.45, 2.75) is 25.3 Å². The first-order valence-electron chi connectivity index (χ1n) is 6.54. The quantitative estimate of drug-likeness (QED) is 0.684. The third-order valence-electron chi connectivity index (χ3n) is 3.66. The molecular formula is C13H22N2O2. The second-order valence-electron chi connectivity index (χ2n) is 4.80. The number of likely N-dealkylation sites (tertiary alicyclic amines) is 1. The maximum Gasteiger partial charge on any atom is 0.246 e. The van der Waals surface area contributed by atoms with Crippen molar-refractivity contribution in [2.24, 2.45) is 0 Å². The third kappa shape index (κ3) is 3.30. The van der Waals surface area contributed by atoms with E-state index in [1.807, 2.05) is 4.90 Å². The fourth-order valence-electron chi connectivity index (χ4n) is 2.68. The first-order valence-corrected chi connectivity index (χ1v) is 6.54. The van der Waals surface area contributed by atoms with Crippen molar-refractivity contribution in [3.05, 3.63) is 12.7 Å². The SMILES string of the molecule is C=CC(=O)N1CCCCC1CN1CCOCC1. The number of ether oxygens (including phenoxy) is 1. The van der Waals surface area contributed by atoms with Crippen LogP contribution in [0.2, 0.25) is 0 Å². The monoisotopic (exact) mass is 238 g/mol. The van der Waals surface area contributed by atoms with Crippen LogP contribution >= 0.6 is 0 Å². The molecule has 2 heterocycles. The maximum absolute atomic E-state index is 11.8. The number of hydrogen-bond acceptors (Lipinski definition) is 3. The summed E-state index contributed by atoms with van der Waals surface area (Å²) in [5.41, 5.74) is 0. The zero-order valence-corrected chi connectivity index (χ0v) is 10.4. The summed E-state index contributed by atoms with van der Waals surface area (Å²) in [6.45, 7) is 9.10. The van der Waals surface area contributed by atoms with E-state index < -0.39 is 0 Å². The Morgan fingerprint density at radius 2 is 2.06 bits per heavy atom. The van der Waals surface area contributed by atoms with Crippen molar-refractivity contribution in [3.63, 3.8) is 0 Å². The number of morpholine rings is 1. The molecule has 96 valence electrons. The number of hydrogen-bond donors (Lipinski definition) is 0. The molecule has 0 aromatic rings. The molecule has 2 rings (SSSR count). The number of piperidine rings is 1. The van der Waals surface area contributed by atoms with Gasteiger partial charge in [-0.1, -0.05) is 6.58 Å². The van der Waals surface area contributed by atoms with Gasteiger partial charge in [0.15, 0.2) is 0 Å². The summed E-state index contributed by atoms with van der Waals surface area (Å²) in [4.78, 5) is 16.2. The molecule has 4 nitrogen and oxygen atoms in total. The lowest BCUT2D eigenvalue weighted by molar-refractivity contribution is -0.130. The van der Waals surface area contributed by atoms with E-state index in [2.05, 4.69) is 11.5 Å². The maximum atomic E-state index is 11.8. The molecule has 0 N–H and O–H groups in total. The van der Waals surface area contributed by atoms with E-state index in [-0.39, 0.29) is 5.91 Å². The van der Waals surface area contributed by atoms with E-state index in [1.54, 1.807) is 0 Å². The average molecular weight is 238 g/mol. The molecule has 0 aromatic heterocycles. The molecule has 0 saturated carbocycles. The van der Waals surface area contributed by atoms with Crippen LogP contribution in [0.3, 0.4) is 0 Å². The van der Waals surface area contributed by atoms with Crippen LogP contribution in [0.15, 0.2) is 12.7 Å². The topological polar surface area (TPSA) is 32.8 Å². The molecule has 1 unspecified atom stereocenters. The minimum Gasteiger partial charge on any atom is -0.379 e. The second kappa shape index (κ2) is 6.17. The highest BCUT2D eigenvalue weighted by Crippen LogP contribution is 2.18. The highest BCUT2D eigenvalue weighted by molar-refractivity contribution is 5.87. The summed E-state index contributed by atoms with van der Waals surface area (Å²) in [6, 6.07) is 0.368. The van der Waals surface area contributed by atoms with E-state index in [9.17, 15) is 4.79 Å². The Bertz CT molecular complexity index is 275. The van der Waals surface area contributed by atoms with Crippen molar-refractivity contribution in [3.8, 4) is 0 Å². The van der Waals surface area contributed by atoms with E-state index in [4.69, 9.17) is 4.74 Å². The van der Waals surface area contributed by atoms with Gasteiger partial charge in [-0.2, -0.15) is 0 Å². The van der Waals surface area contributed by atoms with E-state index in [0.717, 1.165) is 52.2 Å². The van der Waals surface area contributed by atoms with Gasteiger partial charge in [0.05, 0.1) is 13.2 Å². The summed E-state index contributed by atoms with van der Waals surface area (Å²) < 4.78 is 5.35. The van der Waals surface area contributed by atoms with Crippen LogP contribution in [0.1, 0.15) is 19.3 Å². The highest BCUT2D eigenvalue weighted by atomic mass is 16.5. The zero-order valence-electron chi connectivity index (χ0n) is 10.4. The van der Waals surface area contributed by atoms with Crippen LogP contribution in [0.25, 0.3) is 0 Å². The number of nitrogens with zero attached hydrogens (tertiary/aromatic N) is 2. The van der Waals surface area contributed by atoms with Crippen LogP contribution in [-0.4, -0.2) is 61.1 Å². The Balaban J connectivity index is 1.91. The number of carbonyl (C=O) groups is 1. The van der Waals surface area contributed by atoms with Crippen molar-refractivity contribution in [1.82, 2.24) is 9.80 Å². The molecule has 2 aliphatic heterocycles. The molecular weight excluding hydrogens is 216 g/mol. The van der Waals surface area contributed by atoms with Gasteiger partial charge in [0, 0.05) is 32.2 Å². The molecule has 0 aliphatic carbocycles. The zero-order chi connectivity index (χ0) is 12.1. The van der Waals surface area contributed by atoms with Crippen molar-refractivity contribution in [1.29, 1.82) is 0 Å². The second-order valence-corrected chi connectivity index (χ2v) is 4.80. The predicted molar refractivity (Wildman–Crippen MR) is 66.8 cm³/mol. The summed E-state index contributed by atoms with van der Waals surface area (Å²) in [5, 5.41) is 0. The van der Waals surface area contributed by atoms with Gasteiger partial charge < -0.3 is 9.64 Å². The van der Waals surface area contributed by atoms with Crippen LogP contribution in [-0.2, 0) is 9.53 Å². The van der Waals surface area contributed by atoms with E-state index >= 15 is 0 Å². The van der Waals surface area contributed by atoms with E-state index in [1.165, 1.54) is 12.5 Å². The van der Waals surface area contributed by atoms with Gasteiger partial charge in [0.2, 0.25) is 5.91 Å². The molecule has 0 bridgehead atoms. The molecule has 17 heavy (non-hydrogen) atoms.